The summed E-state index contributed by atoms with van der Waals surface area (Å²) in [5, 5.41) is 3.57. The maximum atomic E-state index is 3.57. The molecule has 2 nitrogen and oxygen atoms in total. The zero-order valence-electron chi connectivity index (χ0n) is 12.2. The van der Waals surface area contributed by atoms with Crippen LogP contribution in [0.4, 0.5) is 0 Å². The molecule has 1 aliphatic rings. The van der Waals surface area contributed by atoms with E-state index in [1.807, 2.05) is 0 Å². The van der Waals surface area contributed by atoms with Gasteiger partial charge in [0.15, 0.2) is 0 Å². The van der Waals surface area contributed by atoms with E-state index in [0.717, 1.165) is 18.5 Å². The molecule has 1 saturated heterocycles. The van der Waals surface area contributed by atoms with Crippen LogP contribution >= 0.6 is 0 Å². The van der Waals surface area contributed by atoms with Gasteiger partial charge in [-0.3, -0.25) is 0 Å². The van der Waals surface area contributed by atoms with E-state index in [4.69, 9.17) is 0 Å². The summed E-state index contributed by atoms with van der Waals surface area (Å²) < 4.78 is 0. The standard InChI is InChI=1S/C15H32N2/c1-4-15(16-5-2)9-7-12-17-11-6-8-14(3)10-13-17/h14-16H,4-13H2,1-3H3. The number of rotatable bonds is 7. The van der Waals surface area contributed by atoms with Crippen molar-refractivity contribution in [3.8, 4) is 0 Å². The van der Waals surface area contributed by atoms with Gasteiger partial charge in [-0.2, -0.15) is 0 Å². The van der Waals surface area contributed by atoms with Gasteiger partial charge in [-0.25, -0.2) is 0 Å². The second kappa shape index (κ2) is 8.93. The topological polar surface area (TPSA) is 15.3 Å². The second-order valence-electron chi connectivity index (χ2n) is 5.68. The smallest absolute Gasteiger partial charge is 0.00647 e. The Bertz CT molecular complexity index is 182. The molecule has 1 N–H and O–H groups in total. The maximum absolute atomic E-state index is 3.57. The first-order valence-electron chi connectivity index (χ1n) is 7.72. The number of likely N-dealkylation sites (tertiary alicyclic amines) is 1. The van der Waals surface area contributed by atoms with Crippen LogP contribution in [0.1, 0.15) is 59.3 Å². The maximum Gasteiger partial charge on any atom is 0.00647 e. The van der Waals surface area contributed by atoms with Crippen LogP contribution in [0.15, 0.2) is 0 Å². The first-order valence-corrected chi connectivity index (χ1v) is 7.72. The van der Waals surface area contributed by atoms with Gasteiger partial charge < -0.3 is 10.2 Å². The summed E-state index contributed by atoms with van der Waals surface area (Å²) >= 11 is 0. The molecular formula is C15H32N2. The second-order valence-corrected chi connectivity index (χ2v) is 5.68. The number of nitrogens with one attached hydrogen (secondary N) is 1. The zero-order chi connectivity index (χ0) is 12.5. The summed E-state index contributed by atoms with van der Waals surface area (Å²) in [5.41, 5.74) is 0. The number of hydrogen-bond acceptors (Lipinski definition) is 2. The summed E-state index contributed by atoms with van der Waals surface area (Å²) in [4.78, 5) is 2.68. The van der Waals surface area contributed by atoms with Crippen molar-refractivity contribution < 1.29 is 0 Å². The molecule has 0 saturated carbocycles. The minimum absolute atomic E-state index is 0.742. The Kier molecular flexibility index (Phi) is 7.87. The van der Waals surface area contributed by atoms with Crippen molar-refractivity contribution in [2.75, 3.05) is 26.2 Å². The highest BCUT2D eigenvalue weighted by Crippen LogP contribution is 2.16. The Morgan fingerprint density at radius 2 is 2.06 bits per heavy atom. The van der Waals surface area contributed by atoms with Crippen LogP contribution in [0.2, 0.25) is 0 Å². The molecule has 0 aromatic rings. The highest BCUT2D eigenvalue weighted by Gasteiger charge is 2.13. The highest BCUT2D eigenvalue weighted by atomic mass is 15.1. The molecule has 2 heteroatoms. The van der Waals surface area contributed by atoms with Crippen LogP contribution in [0.5, 0.6) is 0 Å². The first-order chi connectivity index (χ1) is 8.26. The molecule has 2 unspecified atom stereocenters. The lowest BCUT2D eigenvalue weighted by molar-refractivity contribution is 0.269. The fraction of sp³-hybridized carbons (Fsp3) is 1.00. The van der Waals surface area contributed by atoms with Crippen molar-refractivity contribution in [1.29, 1.82) is 0 Å². The van der Waals surface area contributed by atoms with Gasteiger partial charge in [0, 0.05) is 6.04 Å². The van der Waals surface area contributed by atoms with Crippen LogP contribution in [0, 0.1) is 5.92 Å². The van der Waals surface area contributed by atoms with Crippen molar-refractivity contribution in [3.63, 3.8) is 0 Å². The molecule has 2 atom stereocenters. The monoisotopic (exact) mass is 240 g/mol. The normalized spacial score (nSPS) is 24.5. The molecular weight excluding hydrogens is 208 g/mol. The SMILES string of the molecule is CCNC(CC)CCCN1CCCC(C)CC1. The summed E-state index contributed by atoms with van der Waals surface area (Å²) in [5.74, 6) is 0.949. The van der Waals surface area contributed by atoms with E-state index in [1.165, 1.54) is 58.2 Å². The molecule has 0 aliphatic carbocycles. The van der Waals surface area contributed by atoms with Crippen molar-refractivity contribution in [3.05, 3.63) is 0 Å². The summed E-state index contributed by atoms with van der Waals surface area (Å²) in [6.45, 7) is 12.0. The highest BCUT2D eigenvalue weighted by molar-refractivity contribution is 4.69. The lowest BCUT2D eigenvalue weighted by atomic mass is 10.0. The molecule has 0 aromatic carbocycles. The van der Waals surface area contributed by atoms with E-state index in [1.54, 1.807) is 0 Å². The molecule has 1 heterocycles. The Labute approximate surface area is 108 Å². The third-order valence-corrected chi connectivity index (χ3v) is 4.12. The summed E-state index contributed by atoms with van der Waals surface area (Å²) in [6, 6.07) is 0.742. The predicted octanol–water partition coefficient (Wildman–Crippen LogP) is 3.28. The van der Waals surface area contributed by atoms with Gasteiger partial charge in [0.05, 0.1) is 0 Å². The minimum atomic E-state index is 0.742. The number of hydrogen-bond donors (Lipinski definition) is 1. The molecule has 17 heavy (non-hydrogen) atoms. The summed E-state index contributed by atoms with van der Waals surface area (Å²) in [7, 11) is 0. The van der Waals surface area contributed by atoms with Gasteiger partial charge in [-0.05, 0) is 70.6 Å². The van der Waals surface area contributed by atoms with Gasteiger partial charge in [-0.15, -0.1) is 0 Å². The predicted molar refractivity (Wildman–Crippen MR) is 76.4 cm³/mol. The van der Waals surface area contributed by atoms with Crippen molar-refractivity contribution in [2.24, 2.45) is 5.92 Å². The van der Waals surface area contributed by atoms with E-state index in [2.05, 4.69) is 31.0 Å². The largest absolute Gasteiger partial charge is 0.314 e. The molecule has 0 aromatic heterocycles. The van der Waals surface area contributed by atoms with E-state index >= 15 is 0 Å². The quantitative estimate of drug-likeness (QED) is 0.735. The Hall–Kier alpha value is -0.0800. The zero-order valence-corrected chi connectivity index (χ0v) is 12.2. The van der Waals surface area contributed by atoms with E-state index < -0.39 is 0 Å². The van der Waals surface area contributed by atoms with Gasteiger partial charge in [0.1, 0.15) is 0 Å². The Balaban J connectivity index is 2.12. The van der Waals surface area contributed by atoms with Gasteiger partial charge >= 0.3 is 0 Å². The molecule has 0 radical (unpaired) electrons. The van der Waals surface area contributed by atoms with E-state index in [9.17, 15) is 0 Å². The Morgan fingerprint density at radius 1 is 1.24 bits per heavy atom. The molecule has 0 amide bonds. The number of nitrogens with zero attached hydrogens (tertiary/aromatic N) is 1. The average Bonchev–Trinajstić information content (AvgIpc) is 2.53. The summed E-state index contributed by atoms with van der Waals surface area (Å²) in [6.07, 6.45) is 8.22. The third kappa shape index (κ3) is 6.42. The lowest BCUT2D eigenvalue weighted by Gasteiger charge is -2.22. The molecule has 1 rings (SSSR count). The fourth-order valence-electron chi connectivity index (χ4n) is 2.85. The molecule has 1 fully saturated rings. The third-order valence-electron chi connectivity index (χ3n) is 4.12. The van der Waals surface area contributed by atoms with Crippen LogP contribution < -0.4 is 5.32 Å². The average molecular weight is 240 g/mol. The van der Waals surface area contributed by atoms with Crippen LogP contribution in [-0.2, 0) is 0 Å². The van der Waals surface area contributed by atoms with Gasteiger partial charge in [0.25, 0.3) is 0 Å². The molecule has 102 valence electrons. The van der Waals surface area contributed by atoms with E-state index in [-0.39, 0.29) is 0 Å². The Morgan fingerprint density at radius 3 is 2.76 bits per heavy atom. The van der Waals surface area contributed by atoms with E-state index in [0.29, 0.717) is 0 Å². The lowest BCUT2D eigenvalue weighted by Crippen LogP contribution is -2.31. The molecule has 1 aliphatic heterocycles. The molecule has 0 bridgehead atoms. The van der Waals surface area contributed by atoms with Crippen molar-refractivity contribution >= 4 is 0 Å². The fourth-order valence-corrected chi connectivity index (χ4v) is 2.85. The van der Waals surface area contributed by atoms with Crippen LogP contribution in [0.3, 0.4) is 0 Å². The van der Waals surface area contributed by atoms with Gasteiger partial charge in [-0.1, -0.05) is 20.8 Å². The first kappa shape index (κ1) is 15.0. The van der Waals surface area contributed by atoms with Crippen LogP contribution in [-0.4, -0.2) is 37.1 Å². The van der Waals surface area contributed by atoms with Crippen LogP contribution in [0.25, 0.3) is 0 Å². The van der Waals surface area contributed by atoms with Crippen molar-refractivity contribution in [1.82, 2.24) is 10.2 Å². The molecule has 0 spiro atoms. The van der Waals surface area contributed by atoms with Gasteiger partial charge in [0.2, 0.25) is 0 Å². The van der Waals surface area contributed by atoms with Crippen molar-refractivity contribution in [2.45, 2.75) is 65.3 Å². The minimum Gasteiger partial charge on any atom is -0.314 e.